The highest BCUT2D eigenvalue weighted by Crippen LogP contribution is 2.23. The van der Waals surface area contributed by atoms with E-state index in [0.717, 1.165) is 37.4 Å². The first-order chi connectivity index (χ1) is 12.7. The lowest BCUT2D eigenvalue weighted by molar-refractivity contribution is -0.117. The third-order valence-electron chi connectivity index (χ3n) is 5.07. The summed E-state index contributed by atoms with van der Waals surface area (Å²) in [7, 11) is 0. The van der Waals surface area contributed by atoms with Crippen LogP contribution in [0.2, 0.25) is 0 Å². The van der Waals surface area contributed by atoms with Crippen LogP contribution in [0.25, 0.3) is 0 Å². The van der Waals surface area contributed by atoms with Gasteiger partial charge in [0.05, 0.1) is 0 Å². The number of nitrogens with zero attached hydrogens (tertiary/aromatic N) is 4. The minimum atomic E-state index is 0.0351. The molecule has 2 aliphatic rings. The Kier molecular flexibility index (Phi) is 4.56. The Hall–Kier alpha value is -2.89. The number of hydrogen-bond acceptors (Lipinski definition) is 4. The van der Waals surface area contributed by atoms with Gasteiger partial charge < -0.3 is 14.7 Å². The minimum absolute atomic E-state index is 0.0351. The monoisotopic (exact) mass is 350 g/mol. The second-order valence-electron chi connectivity index (χ2n) is 6.68. The topological polar surface area (TPSA) is 56.8 Å². The number of pyridine rings is 1. The molecule has 134 valence electrons. The summed E-state index contributed by atoms with van der Waals surface area (Å²) in [6.45, 7) is 3.73. The van der Waals surface area contributed by atoms with E-state index in [-0.39, 0.29) is 11.8 Å². The fourth-order valence-electron chi connectivity index (χ4n) is 3.63. The van der Waals surface area contributed by atoms with Crippen molar-refractivity contribution >= 4 is 23.2 Å². The number of aromatic nitrogens is 1. The second kappa shape index (κ2) is 7.15. The van der Waals surface area contributed by atoms with Crippen LogP contribution in [0.5, 0.6) is 0 Å². The zero-order valence-electron chi connectivity index (χ0n) is 14.7. The van der Waals surface area contributed by atoms with Gasteiger partial charge in [-0.25, -0.2) is 0 Å². The Morgan fingerprint density at radius 1 is 0.923 bits per heavy atom. The molecule has 2 aromatic rings. The largest absolute Gasteiger partial charge is 0.368 e. The standard InChI is InChI=1S/C20H22N4O2/c25-19-5-2-10-24(19)18-4-1-3-16(15-18)20(26)23-13-11-22(12-14-23)17-6-8-21-9-7-17/h1,3-4,6-9,15H,2,5,10-14H2. The van der Waals surface area contributed by atoms with Crippen molar-refractivity contribution in [2.75, 3.05) is 42.5 Å². The van der Waals surface area contributed by atoms with Crippen molar-refractivity contribution in [2.24, 2.45) is 0 Å². The molecule has 0 spiro atoms. The summed E-state index contributed by atoms with van der Waals surface area (Å²) in [6.07, 6.45) is 5.05. The van der Waals surface area contributed by atoms with Crippen molar-refractivity contribution in [3.05, 3.63) is 54.4 Å². The highest BCUT2D eigenvalue weighted by molar-refractivity contribution is 5.99. The number of rotatable bonds is 3. The van der Waals surface area contributed by atoms with Gasteiger partial charge in [-0.15, -0.1) is 0 Å². The normalized spacial score (nSPS) is 17.7. The Morgan fingerprint density at radius 3 is 2.38 bits per heavy atom. The van der Waals surface area contributed by atoms with Gasteiger partial charge in [-0.1, -0.05) is 6.07 Å². The molecule has 0 aliphatic carbocycles. The first-order valence-corrected chi connectivity index (χ1v) is 9.07. The van der Waals surface area contributed by atoms with Crippen LogP contribution in [0, 0.1) is 0 Å². The molecule has 2 fully saturated rings. The maximum Gasteiger partial charge on any atom is 0.254 e. The molecule has 3 heterocycles. The summed E-state index contributed by atoms with van der Waals surface area (Å²) in [5.74, 6) is 0.174. The number of amides is 2. The highest BCUT2D eigenvalue weighted by Gasteiger charge is 2.25. The van der Waals surface area contributed by atoms with Gasteiger partial charge in [0.1, 0.15) is 0 Å². The van der Waals surface area contributed by atoms with Gasteiger partial charge >= 0.3 is 0 Å². The maximum atomic E-state index is 12.9. The molecule has 0 N–H and O–H groups in total. The van der Waals surface area contributed by atoms with Gasteiger partial charge in [-0.2, -0.15) is 0 Å². The lowest BCUT2D eigenvalue weighted by Crippen LogP contribution is -2.48. The molecule has 26 heavy (non-hydrogen) atoms. The van der Waals surface area contributed by atoms with Crippen LogP contribution >= 0.6 is 0 Å². The molecular formula is C20H22N4O2. The van der Waals surface area contributed by atoms with E-state index in [0.29, 0.717) is 25.1 Å². The molecule has 4 rings (SSSR count). The minimum Gasteiger partial charge on any atom is -0.368 e. The van der Waals surface area contributed by atoms with Crippen LogP contribution in [0.3, 0.4) is 0 Å². The summed E-state index contributed by atoms with van der Waals surface area (Å²) in [4.78, 5) is 34.8. The van der Waals surface area contributed by atoms with E-state index in [2.05, 4.69) is 9.88 Å². The fraction of sp³-hybridized carbons (Fsp3) is 0.350. The van der Waals surface area contributed by atoms with E-state index in [1.165, 1.54) is 0 Å². The molecular weight excluding hydrogens is 328 g/mol. The third-order valence-corrected chi connectivity index (χ3v) is 5.07. The predicted molar refractivity (Wildman–Crippen MR) is 100 cm³/mol. The summed E-state index contributed by atoms with van der Waals surface area (Å²) >= 11 is 0. The quantitative estimate of drug-likeness (QED) is 0.851. The van der Waals surface area contributed by atoms with Crippen LogP contribution in [0.1, 0.15) is 23.2 Å². The summed E-state index contributed by atoms with van der Waals surface area (Å²) < 4.78 is 0. The van der Waals surface area contributed by atoms with E-state index in [9.17, 15) is 9.59 Å². The van der Waals surface area contributed by atoms with Gasteiger partial charge in [0.2, 0.25) is 5.91 Å². The SMILES string of the molecule is O=C(c1cccc(N2CCCC2=O)c1)N1CCN(c2ccncc2)CC1. The summed E-state index contributed by atoms with van der Waals surface area (Å²) in [5, 5.41) is 0. The van der Waals surface area contributed by atoms with E-state index < -0.39 is 0 Å². The van der Waals surface area contributed by atoms with Gasteiger partial charge in [0.25, 0.3) is 5.91 Å². The lowest BCUT2D eigenvalue weighted by atomic mass is 10.1. The molecule has 0 saturated carbocycles. The van der Waals surface area contributed by atoms with Gasteiger partial charge in [0.15, 0.2) is 0 Å². The zero-order valence-corrected chi connectivity index (χ0v) is 14.7. The molecule has 1 aromatic carbocycles. The molecule has 0 radical (unpaired) electrons. The smallest absolute Gasteiger partial charge is 0.254 e. The molecule has 0 atom stereocenters. The molecule has 6 nitrogen and oxygen atoms in total. The van der Waals surface area contributed by atoms with Crippen LogP contribution in [-0.4, -0.2) is 54.4 Å². The average Bonchev–Trinajstić information content (AvgIpc) is 3.14. The van der Waals surface area contributed by atoms with Crippen LogP contribution in [-0.2, 0) is 4.79 Å². The Balaban J connectivity index is 1.43. The summed E-state index contributed by atoms with van der Waals surface area (Å²) in [6, 6.07) is 11.4. The molecule has 0 bridgehead atoms. The number of piperazine rings is 1. The zero-order chi connectivity index (χ0) is 17.9. The predicted octanol–water partition coefficient (Wildman–Crippen LogP) is 2.17. The van der Waals surface area contributed by atoms with Gasteiger partial charge in [-0.3, -0.25) is 14.6 Å². The van der Waals surface area contributed by atoms with E-state index in [1.807, 2.05) is 41.3 Å². The Bertz CT molecular complexity index is 800. The van der Waals surface area contributed by atoms with Crippen molar-refractivity contribution in [3.63, 3.8) is 0 Å². The van der Waals surface area contributed by atoms with Gasteiger partial charge in [-0.05, 0) is 36.8 Å². The molecule has 6 heteroatoms. The van der Waals surface area contributed by atoms with Crippen molar-refractivity contribution < 1.29 is 9.59 Å². The van der Waals surface area contributed by atoms with E-state index in [4.69, 9.17) is 0 Å². The molecule has 2 aliphatic heterocycles. The first kappa shape index (κ1) is 16.6. The van der Waals surface area contributed by atoms with E-state index in [1.54, 1.807) is 17.3 Å². The number of benzene rings is 1. The maximum absolute atomic E-state index is 12.9. The molecule has 1 aromatic heterocycles. The number of hydrogen-bond donors (Lipinski definition) is 0. The first-order valence-electron chi connectivity index (χ1n) is 9.07. The van der Waals surface area contributed by atoms with Crippen molar-refractivity contribution in [1.82, 2.24) is 9.88 Å². The van der Waals surface area contributed by atoms with Crippen molar-refractivity contribution in [2.45, 2.75) is 12.8 Å². The highest BCUT2D eigenvalue weighted by atomic mass is 16.2. The molecule has 2 saturated heterocycles. The average molecular weight is 350 g/mol. The molecule has 0 unspecified atom stereocenters. The lowest BCUT2D eigenvalue weighted by Gasteiger charge is -2.36. The molecule has 2 amide bonds. The Labute approximate surface area is 153 Å². The number of anilines is 2. The number of carbonyl (C=O) groups excluding carboxylic acids is 2. The number of carbonyl (C=O) groups is 2. The summed E-state index contributed by atoms with van der Waals surface area (Å²) in [5.41, 5.74) is 2.62. The Morgan fingerprint density at radius 2 is 1.69 bits per heavy atom. The van der Waals surface area contributed by atoms with Crippen molar-refractivity contribution in [3.8, 4) is 0 Å². The third kappa shape index (κ3) is 3.27. The van der Waals surface area contributed by atoms with Crippen LogP contribution in [0.4, 0.5) is 11.4 Å². The van der Waals surface area contributed by atoms with Gasteiger partial charge in [0, 0.05) is 68.5 Å². The van der Waals surface area contributed by atoms with E-state index >= 15 is 0 Å². The second-order valence-corrected chi connectivity index (χ2v) is 6.68. The fourth-order valence-corrected chi connectivity index (χ4v) is 3.63. The van der Waals surface area contributed by atoms with Crippen LogP contribution < -0.4 is 9.80 Å². The van der Waals surface area contributed by atoms with Crippen LogP contribution in [0.15, 0.2) is 48.8 Å². The van der Waals surface area contributed by atoms with Crippen molar-refractivity contribution in [1.29, 1.82) is 0 Å².